The van der Waals surface area contributed by atoms with Crippen molar-refractivity contribution in [3.63, 3.8) is 0 Å². The number of carbonyl (C=O) groups is 1. The van der Waals surface area contributed by atoms with Crippen molar-refractivity contribution in [2.45, 2.75) is 37.3 Å². The Hall–Kier alpha value is -3.76. The molecule has 10 nitrogen and oxygen atoms in total. The molecule has 3 fully saturated rings. The SMILES string of the molecule is COc1c(-c2cnn([C@@H]3CC[C@]34COCCO4)c2)cccc1-c1nn(C)c2cnc(NC(=O)C3CC3)cc12. The second-order valence-corrected chi connectivity index (χ2v) is 10.4. The maximum Gasteiger partial charge on any atom is 0.228 e. The number of nitrogens with zero attached hydrogens (tertiary/aromatic N) is 5. The van der Waals surface area contributed by atoms with E-state index in [0.29, 0.717) is 31.4 Å². The van der Waals surface area contributed by atoms with Gasteiger partial charge in [-0.25, -0.2) is 4.98 Å². The minimum atomic E-state index is -0.277. The number of aromatic nitrogens is 5. The molecule has 1 aliphatic heterocycles. The van der Waals surface area contributed by atoms with E-state index in [0.717, 1.165) is 59.0 Å². The monoisotopic (exact) mass is 514 g/mol. The van der Waals surface area contributed by atoms with Crippen LogP contribution in [-0.2, 0) is 21.3 Å². The fourth-order valence-electron chi connectivity index (χ4n) is 5.71. The number of para-hydroxylation sites is 1. The highest BCUT2D eigenvalue weighted by molar-refractivity contribution is 6.00. The van der Waals surface area contributed by atoms with Crippen LogP contribution in [0.2, 0.25) is 0 Å². The van der Waals surface area contributed by atoms with Crippen molar-refractivity contribution >= 4 is 22.6 Å². The number of nitrogens with one attached hydrogen (secondary N) is 1. The standard InChI is InChI=1S/C28H30N6O4/c1-33-22-14-29-24(31-27(35)17-6-7-17)12-21(22)25(32-33)20-5-3-4-19(26(20)36-2)18-13-30-34(15-18)23-8-9-28(23)16-37-10-11-38-28/h3-5,12-15,17,23H,6-11,16H2,1-2H3,(H,29,31,35)/t23-,28+/m1/s1. The Kier molecular flexibility index (Phi) is 5.48. The largest absolute Gasteiger partial charge is 0.495 e. The molecule has 0 unspecified atom stereocenters. The Balaban J connectivity index is 1.25. The van der Waals surface area contributed by atoms with Gasteiger partial charge in [-0.3, -0.25) is 14.2 Å². The van der Waals surface area contributed by atoms with Gasteiger partial charge in [0.25, 0.3) is 0 Å². The summed E-state index contributed by atoms with van der Waals surface area (Å²) in [5.74, 6) is 1.37. The molecule has 0 radical (unpaired) electrons. The van der Waals surface area contributed by atoms with Gasteiger partial charge in [0, 0.05) is 41.2 Å². The molecule has 3 aliphatic rings. The molecule has 4 heterocycles. The van der Waals surface area contributed by atoms with Gasteiger partial charge >= 0.3 is 0 Å². The number of fused-ring (bicyclic) bond motifs is 1. The predicted octanol–water partition coefficient (Wildman–Crippen LogP) is 3.98. The molecular formula is C28H30N6O4. The van der Waals surface area contributed by atoms with Crippen molar-refractivity contribution in [2.75, 3.05) is 32.2 Å². The number of rotatable bonds is 6. The number of aryl methyl sites for hydroxylation is 1. The number of methoxy groups -OCH3 is 1. The number of benzene rings is 1. The third kappa shape index (κ3) is 3.78. The van der Waals surface area contributed by atoms with Crippen LogP contribution in [0.15, 0.2) is 42.9 Å². The maximum absolute atomic E-state index is 12.3. The third-order valence-corrected chi connectivity index (χ3v) is 8.05. The Morgan fingerprint density at radius 1 is 1.18 bits per heavy atom. The second kappa shape index (κ2) is 8.92. The van der Waals surface area contributed by atoms with Gasteiger partial charge < -0.3 is 19.5 Å². The van der Waals surface area contributed by atoms with E-state index in [2.05, 4.69) is 16.5 Å². The lowest BCUT2D eigenvalue weighted by Gasteiger charge is -2.50. The zero-order valence-corrected chi connectivity index (χ0v) is 21.5. The molecule has 1 amide bonds. The summed E-state index contributed by atoms with van der Waals surface area (Å²) in [7, 11) is 3.57. The number of hydrogen-bond acceptors (Lipinski definition) is 7. The zero-order valence-electron chi connectivity index (χ0n) is 21.5. The summed E-state index contributed by atoms with van der Waals surface area (Å²) < 4.78 is 21.7. The number of carbonyl (C=O) groups excluding carboxylic acids is 1. The maximum atomic E-state index is 12.3. The molecule has 7 rings (SSSR count). The van der Waals surface area contributed by atoms with Crippen LogP contribution in [0.3, 0.4) is 0 Å². The minimum Gasteiger partial charge on any atom is -0.495 e. The van der Waals surface area contributed by atoms with Gasteiger partial charge in [-0.05, 0) is 37.8 Å². The van der Waals surface area contributed by atoms with Gasteiger partial charge in [0.05, 0.1) is 50.9 Å². The topological polar surface area (TPSA) is 105 Å². The van der Waals surface area contributed by atoms with Crippen molar-refractivity contribution in [1.29, 1.82) is 0 Å². The van der Waals surface area contributed by atoms with Crippen LogP contribution in [0.1, 0.15) is 31.7 Å². The zero-order chi connectivity index (χ0) is 25.9. The molecule has 1 saturated heterocycles. The van der Waals surface area contributed by atoms with E-state index in [1.807, 2.05) is 42.2 Å². The van der Waals surface area contributed by atoms with Crippen LogP contribution in [-0.4, -0.2) is 63.0 Å². The van der Waals surface area contributed by atoms with E-state index in [1.165, 1.54) is 0 Å². The molecular weight excluding hydrogens is 484 g/mol. The van der Waals surface area contributed by atoms with Crippen LogP contribution in [0.5, 0.6) is 5.75 Å². The lowest BCUT2D eigenvalue weighted by atomic mass is 9.74. The molecule has 4 aromatic rings. The Labute approximate surface area is 219 Å². The van der Waals surface area contributed by atoms with E-state index < -0.39 is 0 Å². The van der Waals surface area contributed by atoms with Crippen LogP contribution in [0.25, 0.3) is 33.3 Å². The smallest absolute Gasteiger partial charge is 0.228 e. The van der Waals surface area contributed by atoms with Crippen molar-refractivity contribution in [1.82, 2.24) is 24.5 Å². The second-order valence-electron chi connectivity index (χ2n) is 10.4. The van der Waals surface area contributed by atoms with Crippen molar-refractivity contribution in [2.24, 2.45) is 13.0 Å². The minimum absolute atomic E-state index is 0.0253. The molecule has 1 spiro atoms. The summed E-state index contributed by atoms with van der Waals surface area (Å²) >= 11 is 0. The molecule has 0 bridgehead atoms. The summed E-state index contributed by atoms with van der Waals surface area (Å²) in [4.78, 5) is 16.8. The molecule has 2 atom stereocenters. The molecule has 1 N–H and O–H groups in total. The first-order chi connectivity index (χ1) is 18.6. The highest BCUT2D eigenvalue weighted by Crippen LogP contribution is 2.47. The van der Waals surface area contributed by atoms with Crippen LogP contribution in [0, 0.1) is 5.92 Å². The number of ether oxygens (including phenoxy) is 3. The normalized spacial score (nSPS) is 22.9. The fourth-order valence-corrected chi connectivity index (χ4v) is 5.71. The molecule has 10 heteroatoms. The summed E-state index contributed by atoms with van der Waals surface area (Å²) in [5, 5.41) is 13.4. The summed E-state index contributed by atoms with van der Waals surface area (Å²) in [6.45, 7) is 1.88. The van der Waals surface area contributed by atoms with Crippen molar-refractivity contribution in [3.05, 3.63) is 42.9 Å². The number of anilines is 1. The van der Waals surface area contributed by atoms with E-state index in [1.54, 1.807) is 18.0 Å². The quantitative estimate of drug-likeness (QED) is 0.415. The fraction of sp³-hybridized carbons (Fsp3) is 0.429. The molecule has 2 aliphatic carbocycles. The third-order valence-electron chi connectivity index (χ3n) is 8.05. The first kappa shape index (κ1) is 23.4. The Bertz CT molecular complexity index is 1530. The molecule has 1 aromatic carbocycles. The molecule has 38 heavy (non-hydrogen) atoms. The van der Waals surface area contributed by atoms with E-state index in [4.69, 9.17) is 24.4 Å². The van der Waals surface area contributed by atoms with Gasteiger partial charge in [-0.1, -0.05) is 12.1 Å². The predicted molar refractivity (Wildman–Crippen MR) is 141 cm³/mol. The van der Waals surface area contributed by atoms with Gasteiger partial charge in [0.15, 0.2) is 0 Å². The van der Waals surface area contributed by atoms with Gasteiger partial charge in [0.1, 0.15) is 22.9 Å². The number of hydrogen-bond donors (Lipinski definition) is 1. The van der Waals surface area contributed by atoms with Gasteiger partial charge in [-0.15, -0.1) is 0 Å². The first-order valence-electron chi connectivity index (χ1n) is 13.1. The highest BCUT2D eigenvalue weighted by atomic mass is 16.6. The summed E-state index contributed by atoms with van der Waals surface area (Å²) in [6.07, 6.45) is 9.57. The van der Waals surface area contributed by atoms with Crippen LogP contribution >= 0.6 is 0 Å². The van der Waals surface area contributed by atoms with E-state index in [-0.39, 0.29) is 23.5 Å². The number of amides is 1. The average molecular weight is 515 g/mol. The van der Waals surface area contributed by atoms with Crippen molar-refractivity contribution in [3.8, 4) is 28.1 Å². The Morgan fingerprint density at radius 3 is 2.79 bits per heavy atom. The van der Waals surface area contributed by atoms with Gasteiger partial charge in [-0.2, -0.15) is 10.2 Å². The number of pyridine rings is 1. The molecule has 2 saturated carbocycles. The first-order valence-corrected chi connectivity index (χ1v) is 13.1. The molecule has 3 aromatic heterocycles. The van der Waals surface area contributed by atoms with E-state index >= 15 is 0 Å². The highest BCUT2D eigenvalue weighted by Gasteiger charge is 2.51. The lowest BCUT2D eigenvalue weighted by Crippen LogP contribution is -2.56. The molecule has 196 valence electrons. The van der Waals surface area contributed by atoms with Crippen LogP contribution < -0.4 is 10.1 Å². The van der Waals surface area contributed by atoms with Crippen LogP contribution in [0.4, 0.5) is 5.82 Å². The van der Waals surface area contributed by atoms with Crippen molar-refractivity contribution < 1.29 is 19.0 Å². The summed E-state index contributed by atoms with van der Waals surface area (Å²) in [5.41, 5.74) is 4.11. The van der Waals surface area contributed by atoms with E-state index in [9.17, 15) is 4.79 Å². The average Bonchev–Trinajstić information content (AvgIpc) is 3.61. The lowest BCUT2D eigenvalue weighted by molar-refractivity contribution is -0.219. The van der Waals surface area contributed by atoms with Gasteiger partial charge in [0.2, 0.25) is 5.91 Å². The Morgan fingerprint density at radius 2 is 2.05 bits per heavy atom. The summed E-state index contributed by atoms with van der Waals surface area (Å²) in [6, 6.07) is 8.09.